The highest BCUT2D eigenvalue weighted by atomic mass is 16.3. The van der Waals surface area contributed by atoms with E-state index in [9.17, 15) is 14.8 Å². The Bertz CT molecular complexity index is 187. The van der Waals surface area contributed by atoms with Gasteiger partial charge in [0, 0.05) is 11.7 Å². The molecule has 2 unspecified atom stereocenters. The first-order valence-corrected chi connectivity index (χ1v) is 4.64. The number of nitrogens with zero attached hydrogens (tertiary/aromatic N) is 1. The molecule has 6 nitrogen and oxygen atoms in total. The van der Waals surface area contributed by atoms with Gasteiger partial charge in [-0.2, -0.15) is 0 Å². The molecule has 0 saturated heterocycles. The van der Waals surface area contributed by atoms with Crippen molar-refractivity contribution < 1.29 is 9.90 Å². The lowest BCUT2D eigenvalue weighted by Gasteiger charge is -2.13. The summed E-state index contributed by atoms with van der Waals surface area (Å²) in [5.41, 5.74) is 5.29. The summed E-state index contributed by atoms with van der Waals surface area (Å²) in [5.74, 6) is -1.31. The van der Waals surface area contributed by atoms with Gasteiger partial charge in [-0.3, -0.25) is 10.1 Å². The predicted octanol–water partition coefficient (Wildman–Crippen LogP) is -0.438. The van der Waals surface area contributed by atoms with Crippen LogP contribution in [0, 0.1) is 10.8 Å². The molecule has 6 heteroatoms. The normalized spacial score (nSPS) is 14.8. The second kappa shape index (κ2) is 7.54. The number of nitrogens with one attached hydrogen (secondary N) is 1. The molecule has 0 fully saturated rings. The van der Waals surface area contributed by atoms with Crippen LogP contribution in [0.5, 0.6) is 0 Å². The Morgan fingerprint density at radius 3 is 2.64 bits per heavy atom. The summed E-state index contributed by atoms with van der Waals surface area (Å²) in [6.45, 7) is 2.60. The lowest BCUT2D eigenvalue weighted by molar-refractivity contribution is -0.121. The SMILES string of the molecule is CCNC(O)CCC(CN)C(=O)N=O. The molecule has 0 saturated carbocycles. The first kappa shape index (κ1) is 13.2. The van der Waals surface area contributed by atoms with E-state index in [-0.39, 0.29) is 6.54 Å². The summed E-state index contributed by atoms with van der Waals surface area (Å²) < 4.78 is 0. The van der Waals surface area contributed by atoms with E-state index in [1.165, 1.54) is 0 Å². The third-order valence-electron chi connectivity index (χ3n) is 1.95. The smallest absolute Gasteiger partial charge is 0.290 e. The first-order valence-electron chi connectivity index (χ1n) is 4.64. The van der Waals surface area contributed by atoms with Crippen molar-refractivity contribution in [1.82, 2.24) is 5.32 Å². The number of aliphatic hydroxyl groups is 1. The highest BCUT2D eigenvalue weighted by molar-refractivity contribution is 5.79. The summed E-state index contributed by atoms with van der Waals surface area (Å²) >= 11 is 0. The molecule has 0 aliphatic heterocycles. The largest absolute Gasteiger partial charge is 0.379 e. The summed E-state index contributed by atoms with van der Waals surface area (Å²) in [4.78, 5) is 20.8. The zero-order valence-electron chi connectivity index (χ0n) is 8.27. The van der Waals surface area contributed by atoms with Crippen LogP contribution in [0.2, 0.25) is 0 Å². The van der Waals surface area contributed by atoms with Gasteiger partial charge in [-0.1, -0.05) is 6.92 Å². The van der Waals surface area contributed by atoms with Crippen LogP contribution in [-0.4, -0.2) is 30.3 Å². The lowest BCUT2D eigenvalue weighted by atomic mass is 10.0. The van der Waals surface area contributed by atoms with Gasteiger partial charge in [0.15, 0.2) is 0 Å². The molecule has 1 amide bonds. The molecular formula is C8H17N3O3. The summed E-state index contributed by atoms with van der Waals surface area (Å²) in [6, 6.07) is 0. The number of aliphatic hydroxyl groups excluding tert-OH is 1. The Kier molecular flexibility index (Phi) is 7.09. The van der Waals surface area contributed by atoms with Crippen LogP contribution in [0.15, 0.2) is 5.18 Å². The fourth-order valence-electron chi connectivity index (χ4n) is 1.11. The highest BCUT2D eigenvalue weighted by Crippen LogP contribution is 2.08. The minimum atomic E-state index is -0.740. The highest BCUT2D eigenvalue weighted by Gasteiger charge is 2.18. The number of nitroso groups, excluding NO2 is 1. The third kappa shape index (κ3) is 5.00. The molecule has 0 aliphatic carbocycles. The molecule has 0 heterocycles. The van der Waals surface area contributed by atoms with Crippen molar-refractivity contribution in [3.8, 4) is 0 Å². The molecule has 2 atom stereocenters. The number of rotatable bonds is 7. The van der Waals surface area contributed by atoms with Crippen molar-refractivity contribution in [2.75, 3.05) is 13.1 Å². The monoisotopic (exact) mass is 203 g/mol. The van der Waals surface area contributed by atoms with E-state index in [1.807, 2.05) is 6.92 Å². The molecule has 4 N–H and O–H groups in total. The van der Waals surface area contributed by atoms with Crippen molar-refractivity contribution in [2.45, 2.75) is 26.0 Å². The Morgan fingerprint density at radius 2 is 2.21 bits per heavy atom. The van der Waals surface area contributed by atoms with Gasteiger partial charge in [0.25, 0.3) is 5.91 Å². The van der Waals surface area contributed by atoms with Crippen molar-refractivity contribution in [1.29, 1.82) is 0 Å². The van der Waals surface area contributed by atoms with E-state index in [4.69, 9.17) is 5.73 Å². The van der Waals surface area contributed by atoms with Crippen LogP contribution in [0.4, 0.5) is 0 Å². The maximum absolute atomic E-state index is 10.9. The van der Waals surface area contributed by atoms with Crippen molar-refractivity contribution >= 4 is 5.91 Å². The van der Waals surface area contributed by atoms with Crippen molar-refractivity contribution in [3.05, 3.63) is 4.91 Å². The summed E-state index contributed by atoms with van der Waals surface area (Å²) in [5, 5.41) is 14.4. The molecule has 0 aromatic heterocycles. The van der Waals surface area contributed by atoms with Gasteiger partial charge < -0.3 is 10.8 Å². The Labute approximate surface area is 82.8 Å². The molecule has 0 spiro atoms. The molecule has 0 rings (SSSR count). The van der Waals surface area contributed by atoms with Gasteiger partial charge in [0.1, 0.15) is 6.23 Å². The van der Waals surface area contributed by atoms with E-state index in [0.29, 0.717) is 19.4 Å². The third-order valence-corrected chi connectivity index (χ3v) is 1.95. The van der Waals surface area contributed by atoms with E-state index in [2.05, 4.69) is 10.5 Å². The quantitative estimate of drug-likeness (QED) is 0.384. The summed E-state index contributed by atoms with van der Waals surface area (Å²) in [6.07, 6.45) is 0.0974. The first-order chi connectivity index (χ1) is 6.65. The fourth-order valence-corrected chi connectivity index (χ4v) is 1.11. The maximum Gasteiger partial charge on any atom is 0.290 e. The Balaban J connectivity index is 3.83. The Hall–Kier alpha value is -0.850. The van der Waals surface area contributed by atoms with E-state index in [1.54, 1.807) is 0 Å². The molecule has 82 valence electrons. The maximum atomic E-state index is 10.9. The standard InChI is InChI=1S/C8H17N3O3/c1-2-10-7(12)4-3-6(5-9)8(13)11-14/h6-7,10,12H,2-5,9H2,1H3. The van der Waals surface area contributed by atoms with Crippen molar-refractivity contribution in [3.63, 3.8) is 0 Å². The second-order valence-corrected chi connectivity index (χ2v) is 3.01. The van der Waals surface area contributed by atoms with Gasteiger partial charge in [-0.15, -0.1) is 4.91 Å². The average molecular weight is 203 g/mol. The van der Waals surface area contributed by atoms with Gasteiger partial charge in [-0.05, 0) is 19.4 Å². The van der Waals surface area contributed by atoms with Crippen LogP contribution >= 0.6 is 0 Å². The van der Waals surface area contributed by atoms with Gasteiger partial charge in [0.05, 0.1) is 5.92 Å². The van der Waals surface area contributed by atoms with Crippen molar-refractivity contribution in [2.24, 2.45) is 16.8 Å². The molecular weight excluding hydrogens is 186 g/mol. The Morgan fingerprint density at radius 1 is 1.57 bits per heavy atom. The fraction of sp³-hybridized carbons (Fsp3) is 0.875. The molecule has 0 radical (unpaired) electrons. The zero-order valence-corrected chi connectivity index (χ0v) is 8.27. The minimum absolute atomic E-state index is 0.0867. The lowest BCUT2D eigenvalue weighted by Crippen LogP contribution is -2.31. The topological polar surface area (TPSA) is 105 Å². The van der Waals surface area contributed by atoms with E-state index in [0.717, 1.165) is 0 Å². The van der Waals surface area contributed by atoms with Crippen LogP contribution in [0.1, 0.15) is 19.8 Å². The number of hydrogen-bond acceptors (Lipinski definition) is 5. The van der Waals surface area contributed by atoms with Crippen LogP contribution in [0.3, 0.4) is 0 Å². The number of amides is 1. The second-order valence-electron chi connectivity index (χ2n) is 3.01. The number of carbonyl (C=O) groups excluding carboxylic acids is 1. The van der Waals surface area contributed by atoms with Crippen LogP contribution < -0.4 is 11.1 Å². The predicted molar refractivity (Wildman–Crippen MR) is 52.3 cm³/mol. The van der Waals surface area contributed by atoms with Gasteiger partial charge >= 0.3 is 0 Å². The minimum Gasteiger partial charge on any atom is -0.379 e. The number of hydrogen-bond donors (Lipinski definition) is 3. The number of nitrogens with two attached hydrogens (primary N) is 1. The van der Waals surface area contributed by atoms with E-state index < -0.39 is 18.1 Å². The average Bonchev–Trinajstić information content (AvgIpc) is 2.18. The molecule has 14 heavy (non-hydrogen) atoms. The van der Waals surface area contributed by atoms with Crippen LogP contribution in [-0.2, 0) is 4.79 Å². The molecule has 0 bridgehead atoms. The van der Waals surface area contributed by atoms with Crippen LogP contribution in [0.25, 0.3) is 0 Å². The summed E-state index contributed by atoms with van der Waals surface area (Å²) in [7, 11) is 0. The molecule has 0 aliphatic rings. The number of carbonyl (C=O) groups is 1. The zero-order chi connectivity index (χ0) is 11.0. The molecule has 0 aromatic carbocycles. The molecule has 0 aromatic rings. The van der Waals surface area contributed by atoms with Gasteiger partial charge in [0.2, 0.25) is 0 Å². The van der Waals surface area contributed by atoms with Gasteiger partial charge in [-0.25, -0.2) is 0 Å². The van der Waals surface area contributed by atoms with E-state index >= 15 is 0 Å².